The molecule has 0 aliphatic rings. The summed E-state index contributed by atoms with van der Waals surface area (Å²) in [7, 11) is 1.26. The lowest BCUT2D eigenvalue weighted by Gasteiger charge is -2.03. The number of aromatic nitrogens is 2. The lowest BCUT2D eigenvalue weighted by atomic mass is 10.3. The molecular weight excluding hydrogens is 392 g/mol. The molecule has 0 aliphatic heterocycles. The van der Waals surface area contributed by atoms with Gasteiger partial charge in [0.1, 0.15) is 11.4 Å². The molecule has 140 valence electrons. The fourth-order valence-electron chi connectivity index (χ4n) is 2.47. The topological polar surface area (TPSA) is 117 Å². The highest BCUT2D eigenvalue weighted by atomic mass is 32.1. The zero-order chi connectivity index (χ0) is 19.7. The molecule has 0 unspecified atom stereocenters. The molecule has 2 aromatic heterocycles. The normalized spacial score (nSPS) is 11.7. The van der Waals surface area contributed by atoms with Crippen molar-refractivity contribution in [2.75, 3.05) is 7.11 Å². The summed E-state index contributed by atoms with van der Waals surface area (Å²) in [4.78, 5) is 43.9. The van der Waals surface area contributed by atoms with Gasteiger partial charge in [-0.05, 0) is 19.9 Å². The molecule has 0 saturated heterocycles. The molecule has 0 aliphatic carbocycles. The standard InChI is InChI=1S/C16H14N4O5S2/c1-8-14(26-9(2)17-8)15(22)18-16-19(7-13(21)25-3)11-5-4-10(20(23)24)6-12(11)27-16/h4-6H,7H2,1-3H3. The van der Waals surface area contributed by atoms with Crippen LogP contribution in [0.3, 0.4) is 0 Å². The van der Waals surface area contributed by atoms with Gasteiger partial charge in [-0.25, -0.2) is 4.98 Å². The van der Waals surface area contributed by atoms with Gasteiger partial charge < -0.3 is 9.30 Å². The molecule has 0 radical (unpaired) electrons. The fraction of sp³-hybridized carbons (Fsp3) is 0.250. The highest BCUT2D eigenvalue weighted by Gasteiger charge is 2.17. The predicted molar refractivity (Wildman–Crippen MR) is 100.0 cm³/mol. The van der Waals surface area contributed by atoms with Crippen molar-refractivity contribution in [1.29, 1.82) is 0 Å². The van der Waals surface area contributed by atoms with Crippen LogP contribution in [0, 0.1) is 24.0 Å². The quantitative estimate of drug-likeness (QED) is 0.373. The van der Waals surface area contributed by atoms with Crippen LogP contribution >= 0.6 is 22.7 Å². The Balaban J connectivity index is 2.18. The van der Waals surface area contributed by atoms with E-state index >= 15 is 0 Å². The number of nitrogens with zero attached hydrogens (tertiary/aromatic N) is 4. The number of hydrogen-bond acceptors (Lipinski definition) is 8. The maximum absolute atomic E-state index is 12.6. The minimum Gasteiger partial charge on any atom is -0.468 e. The van der Waals surface area contributed by atoms with Gasteiger partial charge in [0.05, 0.1) is 33.0 Å². The minimum atomic E-state index is -0.522. The monoisotopic (exact) mass is 406 g/mol. The largest absolute Gasteiger partial charge is 0.468 e. The second-order valence-electron chi connectivity index (χ2n) is 5.52. The van der Waals surface area contributed by atoms with E-state index in [0.717, 1.165) is 16.3 Å². The first-order chi connectivity index (χ1) is 12.8. The van der Waals surface area contributed by atoms with Crippen molar-refractivity contribution in [3.8, 4) is 0 Å². The summed E-state index contributed by atoms with van der Waals surface area (Å²) in [6.45, 7) is 3.36. The first kappa shape index (κ1) is 18.9. The Hall–Kier alpha value is -2.92. The van der Waals surface area contributed by atoms with Crippen LogP contribution in [-0.2, 0) is 16.1 Å². The number of nitro groups is 1. The summed E-state index contributed by atoms with van der Waals surface area (Å²) >= 11 is 2.33. The molecule has 2 heterocycles. The number of non-ortho nitro benzene ring substituents is 1. The van der Waals surface area contributed by atoms with Crippen molar-refractivity contribution in [2.24, 2.45) is 4.99 Å². The number of thiazole rings is 2. The second-order valence-corrected chi connectivity index (χ2v) is 7.73. The van der Waals surface area contributed by atoms with Gasteiger partial charge in [0.2, 0.25) is 0 Å². The van der Waals surface area contributed by atoms with Crippen molar-refractivity contribution in [3.63, 3.8) is 0 Å². The molecule has 0 fully saturated rings. The average Bonchev–Trinajstić information content (AvgIpc) is 3.13. The molecule has 1 aromatic carbocycles. The number of carbonyl (C=O) groups excluding carboxylic acids is 2. The zero-order valence-electron chi connectivity index (χ0n) is 14.6. The van der Waals surface area contributed by atoms with Crippen LogP contribution in [0.2, 0.25) is 0 Å². The Kier molecular flexibility index (Phi) is 5.15. The van der Waals surface area contributed by atoms with E-state index in [9.17, 15) is 19.7 Å². The summed E-state index contributed by atoms with van der Waals surface area (Å²) in [6, 6.07) is 4.25. The van der Waals surface area contributed by atoms with E-state index < -0.39 is 16.8 Å². The molecule has 9 nitrogen and oxygen atoms in total. The van der Waals surface area contributed by atoms with Crippen LogP contribution in [-0.4, -0.2) is 33.5 Å². The number of fused-ring (bicyclic) bond motifs is 1. The number of carbonyl (C=O) groups is 2. The van der Waals surface area contributed by atoms with Crippen molar-refractivity contribution >= 4 is 50.5 Å². The van der Waals surface area contributed by atoms with Crippen LogP contribution < -0.4 is 4.80 Å². The van der Waals surface area contributed by atoms with E-state index in [1.165, 1.54) is 41.2 Å². The van der Waals surface area contributed by atoms with Gasteiger partial charge in [0.15, 0.2) is 4.80 Å². The average molecular weight is 406 g/mol. The lowest BCUT2D eigenvalue weighted by molar-refractivity contribution is -0.384. The molecule has 0 saturated carbocycles. The number of ether oxygens (including phenoxy) is 1. The first-order valence-electron chi connectivity index (χ1n) is 7.68. The third-order valence-corrected chi connectivity index (χ3v) is 5.79. The van der Waals surface area contributed by atoms with E-state index in [0.29, 0.717) is 20.8 Å². The van der Waals surface area contributed by atoms with Gasteiger partial charge >= 0.3 is 5.97 Å². The number of esters is 1. The Morgan fingerprint density at radius 2 is 2.07 bits per heavy atom. The second kappa shape index (κ2) is 7.37. The number of hydrogen-bond donors (Lipinski definition) is 0. The molecule has 3 aromatic rings. The molecule has 0 N–H and O–H groups in total. The number of methoxy groups -OCH3 is 1. The van der Waals surface area contributed by atoms with Gasteiger partial charge in [-0.1, -0.05) is 11.3 Å². The van der Waals surface area contributed by atoms with Gasteiger partial charge in [0, 0.05) is 12.1 Å². The SMILES string of the molecule is COC(=O)Cn1c(=NC(=O)c2sc(C)nc2C)sc2cc([N+](=O)[O-])ccc21. The third-order valence-electron chi connectivity index (χ3n) is 3.69. The molecule has 0 bridgehead atoms. The summed E-state index contributed by atoms with van der Waals surface area (Å²) < 4.78 is 6.75. The highest BCUT2D eigenvalue weighted by molar-refractivity contribution is 7.16. The van der Waals surface area contributed by atoms with E-state index in [4.69, 9.17) is 4.74 Å². The lowest BCUT2D eigenvalue weighted by Crippen LogP contribution is -2.22. The van der Waals surface area contributed by atoms with E-state index in [2.05, 4.69) is 9.98 Å². The van der Waals surface area contributed by atoms with E-state index in [1.54, 1.807) is 13.8 Å². The molecule has 3 rings (SSSR count). The van der Waals surface area contributed by atoms with Crippen molar-refractivity contribution in [3.05, 3.63) is 48.7 Å². The third kappa shape index (κ3) is 3.78. The Morgan fingerprint density at radius 3 is 2.67 bits per heavy atom. The minimum absolute atomic E-state index is 0.0826. The molecular formula is C16H14N4O5S2. The Bertz CT molecular complexity index is 1140. The van der Waals surface area contributed by atoms with Crippen LogP contribution in [0.5, 0.6) is 0 Å². The van der Waals surface area contributed by atoms with Gasteiger partial charge in [-0.2, -0.15) is 4.99 Å². The van der Waals surface area contributed by atoms with Crippen LogP contribution in [0.1, 0.15) is 20.4 Å². The summed E-state index contributed by atoms with van der Waals surface area (Å²) in [5.74, 6) is -0.996. The predicted octanol–water partition coefficient (Wildman–Crippen LogP) is 2.60. The van der Waals surface area contributed by atoms with Gasteiger partial charge in [-0.3, -0.25) is 19.7 Å². The first-order valence-corrected chi connectivity index (χ1v) is 9.31. The number of amides is 1. The van der Waals surface area contributed by atoms with Crippen molar-refractivity contribution < 1.29 is 19.2 Å². The van der Waals surface area contributed by atoms with E-state index in [-0.39, 0.29) is 17.0 Å². The Morgan fingerprint density at radius 1 is 1.33 bits per heavy atom. The number of benzene rings is 1. The Labute approximate surface area is 160 Å². The molecule has 0 atom stereocenters. The summed E-state index contributed by atoms with van der Waals surface area (Å²) in [5.41, 5.74) is 1.06. The smallest absolute Gasteiger partial charge is 0.325 e. The summed E-state index contributed by atoms with van der Waals surface area (Å²) in [6.07, 6.45) is 0. The summed E-state index contributed by atoms with van der Waals surface area (Å²) in [5, 5.41) is 11.8. The van der Waals surface area contributed by atoms with E-state index in [1.807, 2.05) is 0 Å². The highest BCUT2D eigenvalue weighted by Crippen LogP contribution is 2.24. The number of aryl methyl sites for hydroxylation is 2. The molecule has 27 heavy (non-hydrogen) atoms. The number of rotatable bonds is 4. The van der Waals surface area contributed by atoms with Crippen LogP contribution in [0.4, 0.5) is 5.69 Å². The maximum atomic E-state index is 12.6. The van der Waals surface area contributed by atoms with Crippen molar-refractivity contribution in [1.82, 2.24) is 9.55 Å². The van der Waals surface area contributed by atoms with Crippen LogP contribution in [0.15, 0.2) is 23.2 Å². The molecule has 0 spiro atoms. The van der Waals surface area contributed by atoms with Gasteiger partial charge in [-0.15, -0.1) is 11.3 Å². The number of nitro benzene ring substituents is 1. The molecule has 1 amide bonds. The fourth-order valence-corrected chi connectivity index (χ4v) is 4.34. The van der Waals surface area contributed by atoms with Crippen LogP contribution in [0.25, 0.3) is 10.2 Å². The zero-order valence-corrected chi connectivity index (χ0v) is 16.2. The van der Waals surface area contributed by atoms with Crippen molar-refractivity contribution in [2.45, 2.75) is 20.4 Å². The van der Waals surface area contributed by atoms with Gasteiger partial charge in [0.25, 0.3) is 11.6 Å². The maximum Gasteiger partial charge on any atom is 0.325 e. The molecule has 11 heteroatoms.